The lowest BCUT2D eigenvalue weighted by Gasteiger charge is -2.36. The van der Waals surface area contributed by atoms with Crippen LogP contribution >= 0.6 is 11.6 Å². The van der Waals surface area contributed by atoms with E-state index in [4.69, 9.17) is 21.1 Å². The van der Waals surface area contributed by atoms with Crippen molar-refractivity contribution < 1.29 is 14.3 Å². The van der Waals surface area contributed by atoms with Gasteiger partial charge in [-0.1, -0.05) is 11.6 Å². The van der Waals surface area contributed by atoms with E-state index in [9.17, 15) is 10.1 Å². The molecule has 1 amide bonds. The van der Waals surface area contributed by atoms with Crippen molar-refractivity contribution in [1.29, 1.82) is 5.26 Å². The number of nitriles is 1. The van der Waals surface area contributed by atoms with Crippen LogP contribution in [0.25, 0.3) is 11.0 Å². The lowest BCUT2D eigenvalue weighted by Crippen LogP contribution is -2.41. The molecule has 3 heterocycles. The van der Waals surface area contributed by atoms with Gasteiger partial charge < -0.3 is 18.9 Å². The van der Waals surface area contributed by atoms with E-state index in [1.165, 1.54) is 0 Å². The summed E-state index contributed by atoms with van der Waals surface area (Å²) in [5, 5.41) is 9.76. The summed E-state index contributed by atoms with van der Waals surface area (Å²) in [6.07, 6.45) is 7.67. The maximum absolute atomic E-state index is 12.5. The van der Waals surface area contributed by atoms with Crippen LogP contribution in [-0.4, -0.2) is 51.9 Å². The molecule has 0 bridgehead atoms. The maximum Gasteiger partial charge on any atom is 0.410 e. The summed E-state index contributed by atoms with van der Waals surface area (Å²) in [5.41, 5.74) is 1.73. The molecular formula is C22H25ClN4O3. The average Bonchev–Trinajstić information content (AvgIpc) is 3.44. The normalized spacial score (nSPS) is 28.9. The molecule has 1 saturated carbocycles. The van der Waals surface area contributed by atoms with Gasteiger partial charge in [0, 0.05) is 13.2 Å². The van der Waals surface area contributed by atoms with Crippen molar-refractivity contribution in [2.45, 2.75) is 56.8 Å². The van der Waals surface area contributed by atoms with Gasteiger partial charge in [-0.05, 0) is 56.6 Å². The quantitative estimate of drug-likeness (QED) is 0.731. The van der Waals surface area contributed by atoms with Crippen LogP contribution in [0.3, 0.4) is 0 Å². The van der Waals surface area contributed by atoms with Crippen molar-refractivity contribution >= 4 is 28.7 Å². The Labute approximate surface area is 180 Å². The van der Waals surface area contributed by atoms with Gasteiger partial charge in [-0.15, -0.1) is 0 Å². The number of benzene rings is 1. The predicted octanol–water partition coefficient (Wildman–Crippen LogP) is 4.12. The van der Waals surface area contributed by atoms with E-state index in [2.05, 4.69) is 15.6 Å². The second-order valence-corrected chi connectivity index (χ2v) is 9.27. The van der Waals surface area contributed by atoms with Crippen LogP contribution in [-0.2, 0) is 16.0 Å². The molecule has 0 N–H and O–H groups in total. The van der Waals surface area contributed by atoms with Crippen LogP contribution in [0.15, 0.2) is 18.5 Å². The molecule has 30 heavy (non-hydrogen) atoms. The smallest absolute Gasteiger partial charge is 0.410 e. The van der Waals surface area contributed by atoms with Crippen LogP contribution in [0.4, 0.5) is 4.79 Å². The number of hydrogen-bond acceptors (Lipinski definition) is 5. The molecule has 3 aliphatic rings. The minimum atomic E-state index is -0.398. The van der Waals surface area contributed by atoms with Gasteiger partial charge in [0.1, 0.15) is 11.1 Å². The maximum atomic E-state index is 12.5. The number of amides is 1. The molecule has 5 rings (SSSR count). The number of rotatable bonds is 4. The van der Waals surface area contributed by atoms with Crippen molar-refractivity contribution in [2.24, 2.45) is 5.92 Å². The van der Waals surface area contributed by atoms with Crippen LogP contribution < -0.4 is 0 Å². The van der Waals surface area contributed by atoms with Gasteiger partial charge in [0.05, 0.1) is 47.7 Å². The minimum Gasteiger partial charge on any atom is -0.441 e. The van der Waals surface area contributed by atoms with Gasteiger partial charge in [0.25, 0.3) is 0 Å². The van der Waals surface area contributed by atoms with Gasteiger partial charge in [0.15, 0.2) is 0 Å². The first-order valence-corrected chi connectivity index (χ1v) is 11.1. The first-order chi connectivity index (χ1) is 14.5. The largest absolute Gasteiger partial charge is 0.441 e. The van der Waals surface area contributed by atoms with Crippen molar-refractivity contribution in [3.8, 4) is 6.07 Å². The Morgan fingerprint density at radius 1 is 1.30 bits per heavy atom. The third-order valence-electron chi connectivity index (χ3n) is 6.66. The zero-order chi connectivity index (χ0) is 20.7. The number of hydrogen-bond donors (Lipinski definition) is 0. The Kier molecular flexibility index (Phi) is 5.08. The molecule has 158 valence electrons. The molecule has 1 aromatic heterocycles. The number of aromatic nitrogens is 2. The van der Waals surface area contributed by atoms with Gasteiger partial charge in [0.2, 0.25) is 0 Å². The molecule has 3 fully saturated rings. The highest BCUT2D eigenvalue weighted by Crippen LogP contribution is 2.41. The second-order valence-electron chi connectivity index (χ2n) is 8.86. The van der Waals surface area contributed by atoms with Gasteiger partial charge >= 0.3 is 6.09 Å². The fraction of sp³-hybridized carbons (Fsp3) is 0.591. The molecule has 2 saturated heterocycles. The minimum absolute atomic E-state index is 0.142. The third-order valence-corrected chi connectivity index (χ3v) is 6.95. The SMILES string of the molecule is N#Cc1cc(Cl)c2ncn(C[C@H]3CCC[C@]4(C3)CN(CC3CCCO3)C(=O)O4)c2c1. The summed E-state index contributed by atoms with van der Waals surface area (Å²) in [6.45, 7) is 2.84. The summed E-state index contributed by atoms with van der Waals surface area (Å²) < 4.78 is 13.7. The monoisotopic (exact) mass is 428 g/mol. The van der Waals surface area contributed by atoms with Crippen LogP contribution in [0, 0.1) is 17.2 Å². The number of ether oxygens (including phenoxy) is 2. The number of fused-ring (bicyclic) bond motifs is 1. The van der Waals surface area contributed by atoms with E-state index in [1.54, 1.807) is 12.4 Å². The van der Waals surface area contributed by atoms with Crippen molar-refractivity contribution in [3.05, 3.63) is 29.0 Å². The lowest BCUT2D eigenvalue weighted by molar-refractivity contribution is 0.00407. The Hall–Kier alpha value is -2.30. The standard InChI is InChI=1S/C22H25ClN4O3/c23-18-7-16(10-24)8-19-20(18)25-14-27(19)11-15-3-1-5-22(9-15)13-26(21(28)30-22)12-17-4-2-6-29-17/h7-8,14-15,17H,1-6,9,11-13H2/t15-,17?,22-/m0/s1. The highest BCUT2D eigenvalue weighted by atomic mass is 35.5. The number of carbonyl (C=O) groups excluding carboxylic acids is 1. The van der Waals surface area contributed by atoms with E-state index in [0.717, 1.165) is 62.7 Å². The van der Waals surface area contributed by atoms with Crippen molar-refractivity contribution in [2.75, 3.05) is 19.7 Å². The molecule has 1 aromatic carbocycles. The second kappa shape index (κ2) is 7.75. The molecule has 7 nitrogen and oxygen atoms in total. The van der Waals surface area contributed by atoms with Crippen LogP contribution in [0.5, 0.6) is 0 Å². The van der Waals surface area contributed by atoms with E-state index < -0.39 is 5.60 Å². The van der Waals surface area contributed by atoms with Gasteiger partial charge in [-0.3, -0.25) is 0 Å². The van der Waals surface area contributed by atoms with Crippen molar-refractivity contribution in [3.63, 3.8) is 0 Å². The fourth-order valence-electron chi connectivity index (χ4n) is 5.31. The first kappa shape index (κ1) is 19.7. The molecule has 8 heteroatoms. The molecule has 1 spiro atoms. The molecular weight excluding hydrogens is 404 g/mol. The van der Waals surface area contributed by atoms with Gasteiger partial charge in [-0.2, -0.15) is 5.26 Å². The van der Waals surface area contributed by atoms with E-state index >= 15 is 0 Å². The fourth-order valence-corrected chi connectivity index (χ4v) is 5.58. The predicted molar refractivity (Wildman–Crippen MR) is 111 cm³/mol. The lowest BCUT2D eigenvalue weighted by atomic mass is 9.78. The molecule has 2 aromatic rings. The number of imidazole rings is 1. The summed E-state index contributed by atoms with van der Waals surface area (Å²) in [4.78, 5) is 18.8. The summed E-state index contributed by atoms with van der Waals surface area (Å²) in [5.74, 6) is 0.371. The molecule has 1 unspecified atom stereocenters. The highest BCUT2D eigenvalue weighted by molar-refractivity contribution is 6.35. The number of carbonyl (C=O) groups is 1. The summed E-state index contributed by atoms with van der Waals surface area (Å²) in [7, 11) is 0. The third kappa shape index (κ3) is 3.63. The van der Waals surface area contributed by atoms with Crippen LogP contribution in [0.1, 0.15) is 44.1 Å². The van der Waals surface area contributed by atoms with E-state index in [0.29, 0.717) is 29.6 Å². The molecule has 1 aliphatic carbocycles. The molecule has 2 aliphatic heterocycles. The Morgan fingerprint density at radius 3 is 3.00 bits per heavy atom. The van der Waals surface area contributed by atoms with Crippen LogP contribution in [0.2, 0.25) is 5.02 Å². The Morgan fingerprint density at radius 2 is 2.20 bits per heavy atom. The van der Waals surface area contributed by atoms with Crippen molar-refractivity contribution in [1.82, 2.24) is 14.5 Å². The summed E-state index contributed by atoms with van der Waals surface area (Å²) in [6, 6.07) is 5.65. The topological polar surface area (TPSA) is 80.4 Å². The first-order valence-electron chi connectivity index (χ1n) is 10.7. The molecule has 0 radical (unpaired) electrons. The number of halogens is 1. The van der Waals surface area contributed by atoms with E-state index in [1.807, 2.05) is 11.0 Å². The average molecular weight is 429 g/mol. The Balaban J connectivity index is 1.30. The number of nitrogens with zero attached hydrogens (tertiary/aromatic N) is 4. The van der Waals surface area contributed by atoms with Gasteiger partial charge in [-0.25, -0.2) is 9.78 Å². The zero-order valence-corrected chi connectivity index (χ0v) is 17.6. The molecule has 3 atom stereocenters. The zero-order valence-electron chi connectivity index (χ0n) is 16.8. The summed E-state index contributed by atoms with van der Waals surface area (Å²) >= 11 is 6.30. The highest BCUT2D eigenvalue weighted by Gasteiger charge is 2.48. The van der Waals surface area contributed by atoms with E-state index in [-0.39, 0.29) is 12.2 Å². The Bertz CT molecular complexity index is 1010.